The minimum Gasteiger partial charge on any atom is -0.497 e. The Morgan fingerprint density at radius 2 is 1.79 bits per heavy atom. The Labute approximate surface area is 172 Å². The Hall–Kier alpha value is -2.73. The van der Waals surface area contributed by atoms with Gasteiger partial charge in [0.25, 0.3) is 0 Å². The van der Waals surface area contributed by atoms with Crippen LogP contribution < -0.4 is 19.7 Å². The summed E-state index contributed by atoms with van der Waals surface area (Å²) in [5, 5.41) is 13.4. The van der Waals surface area contributed by atoms with Gasteiger partial charge in [-0.1, -0.05) is 0 Å². The quantitative estimate of drug-likeness (QED) is 0.699. The van der Waals surface area contributed by atoms with Gasteiger partial charge in [-0.3, -0.25) is 4.79 Å². The summed E-state index contributed by atoms with van der Waals surface area (Å²) in [5.41, 5.74) is 2.61. The van der Waals surface area contributed by atoms with E-state index in [1.807, 2.05) is 12.1 Å². The van der Waals surface area contributed by atoms with Crippen LogP contribution >= 0.6 is 0 Å². The molecule has 2 aromatic rings. The maximum atomic E-state index is 12.3. The number of anilines is 2. The predicted molar refractivity (Wildman–Crippen MR) is 115 cm³/mol. The summed E-state index contributed by atoms with van der Waals surface area (Å²) in [6.07, 6.45) is 3.51. The van der Waals surface area contributed by atoms with Crippen LogP contribution in [0.25, 0.3) is 0 Å². The topological polar surface area (TPSA) is 71.0 Å². The van der Waals surface area contributed by atoms with Gasteiger partial charge in [0.05, 0.1) is 20.3 Å². The van der Waals surface area contributed by atoms with Crippen LogP contribution in [0.3, 0.4) is 0 Å². The lowest BCUT2D eigenvalue weighted by molar-refractivity contribution is -0.116. The van der Waals surface area contributed by atoms with Gasteiger partial charge in [0.1, 0.15) is 11.5 Å². The first-order valence-electron chi connectivity index (χ1n) is 10.2. The highest BCUT2D eigenvalue weighted by Gasteiger charge is 2.16. The molecule has 0 spiro atoms. The number of aliphatic hydroxyl groups excluding tert-OH is 1. The average molecular weight is 399 g/mol. The second-order valence-electron chi connectivity index (χ2n) is 7.31. The number of ether oxygens (including phenoxy) is 2. The molecular weight excluding hydrogens is 368 g/mol. The second kappa shape index (κ2) is 10.2. The van der Waals surface area contributed by atoms with Crippen molar-refractivity contribution in [3.63, 3.8) is 0 Å². The van der Waals surface area contributed by atoms with E-state index in [1.54, 1.807) is 32.4 Å². The minimum atomic E-state index is -0.789. The standard InChI is InChI=1S/C23H30N2O4/c1-28-19-10-11-20(22(16-19)29-2)21(26)12-13-23(27)24-17-6-8-18(9-7-17)25-14-4-3-5-15-25/h6-11,16,21,26H,3-5,12-15H2,1-2H3,(H,24,27). The highest BCUT2D eigenvalue weighted by atomic mass is 16.5. The number of methoxy groups -OCH3 is 2. The van der Waals surface area contributed by atoms with Gasteiger partial charge < -0.3 is 24.8 Å². The van der Waals surface area contributed by atoms with Crippen molar-refractivity contribution in [2.24, 2.45) is 0 Å². The third-order valence-corrected chi connectivity index (χ3v) is 5.32. The third kappa shape index (κ3) is 5.64. The van der Waals surface area contributed by atoms with E-state index in [-0.39, 0.29) is 12.3 Å². The number of rotatable bonds is 8. The van der Waals surface area contributed by atoms with Crippen LogP contribution in [-0.2, 0) is 4.79 Å². The van der Waals surface area contributed by atoms with Gasteiger partial charge in [-0.05, 0) is 62.1 Å². The number of nitrogens with zero attached hydrogens (tertiary/aromatic N) is 1. The number of carbonyl (C=O) groups is 1. The fraction of sp³-hybridized carbons (Fsp3) is 0.435. The molecule has 2 N–H and O–H groups in total. The molecule has 1 aliphatic heterocycles. The third-order valence-electron chi connectivity index (χ3n) is 5.32. The number of piperidine rings is 1. The molecule has 1 amide bonds. The van der Waals surface area contributed by atoms with Crippen molar-refractivity contribution in [2.45, 2.75) is 38.2 Å². The van der Waals surface area contributed by atoms with Crippen LogP contribution in [0, 0.1) is 0 Å². The molecule has 0 bridgehead atoms. The lowest BCUT2D eigenvalue weighted by Gasteiger charge is -2.28. The molecule has 2 aromatic carbocycles. The Bertz CT molecular complexity index is 801. The molecule has 1 fully saturated rings. The fourth-order valence-corrected chi connectivity index (χ4v) is 3.65. The first-order valence-corrected chi connectivity index (χ1v) is 10.2. The molecule has 0 aliphatic carbocycles. The van der Waals surface area contributed by atoms with Crippen molar-refractivity contribution in [2.75, 3.05) is 37.5 Å². The van der Waals surface area contributed by atoms with Gasteiger partial charge in [-0.15, -0.1) is 0 Å². The van der Waals surface area contributed by atoms with Gasteiger partial charge in [-0.25, -0.2) is 0 Å². The molecule has 3 rings (SSSR count). The summed E-state index contributed by atoms with van der Waals surface area (Å²) in [5.74, 6) is 1.08. The van der Waals surface area contributed by atoms with E-state index in [9.17, 15) is 9.90 Å². The van der Waals surface area contributed by atoms with E-state index in [0.29, 0.717) is 23.5 Å². The number of carbonyl (C=O) groups excluding carboxylic acids is 1. The molecule has 0 aromatic heterocycles. The second-order valence-corrected chi connectivity index (χ2v) is 7.31. The van der Waals surface area contributed by atoms with Crippen molar-refractivity contribution in [3.05, 3.63) is 48.0 Å². The van der Waals surface area contributed by atoms with Crippen molar-refractivity contribution in [3.8, 4) is 11.5 Å². The maximum absolute atomic E-state index is 12.3. The van der Waals surface area contributed by atoms with Gasteiger partial charge in [0.15, 0.2) is 0 Å². The SMILES string of the molecule is COc1ccc(C(O)CCC(=O)Nc2ccc(N3CCCCC3)cc2)c(OC)c1. The van der Waals surface area contributed by atoms with E-state index in [0.717, 1.165) is 18.8 Å². The smallest absolute Gasteiger partial charge is 0.224 e. The molecule has 29 heavy (non-hydrogen) atoms. The first kappa shape index (κ1) is 21.0. The number of benzene rings is 2. The fourth-order valence-electron chi connectivity index (χ4n) is 3.65. The number of hydrogen-bond donors (Lipinski definition) is 2. The molecule has 1 unspecified atom stereocenters. The van der Waals surface area contributed by atoms with Crippen molar-refractivity contribution in [1.29, 1.82) is 0 Å². The predicted octanol–water partition coefficient (Wildman–Crippen LogP) is 4.15. The number of hydrogen-bond acceptors (Lipinski definition) is 5. The molecule has 1 aliphatic rings. The number of nitrogens with one attached hydrogen (secondary N) is 1. The van der Waals surface area contributed by atoms with E-state index in [4.69, 9.17) is 9.47 Å². The average Bonchev–Trinajstić information content (AvgIpc) is 2.78. The first-order chi connectivity index (χ1) is 14.1. The summed E-state index contributed by atoms with van der Waals surface area (Å²) in [6.45, 7) is 2.19. The summed E-state index contributed by atoms with van der Waals surface area (Å²) >= 11 is 0. The molecular formula is C23H30N2O4. The van der Waals surface area contributed by atoms with Gasteiger partial charge in [0.2, 0.25) is 5.91 Å². The Kier molecular flexibility index (Phi) is 7.36. The summed E-state index contributed by atoms with van der Waals surface area (Å²) in [4.78, 5) is 14.7. The van der Waals surface area contributed by atoms with Crippen molar-refractivity contribution >= 4 is 17.3 Å². The maximum Gasteiger partial charge on any atom is 0.224 e. The number of amides is 1. The molecule has 0 saturated carbocycles. The number of aliphatic hydroxyl groups is 1. The molecule has 1 heterocycles. The Morgan fingerprint density at radius 3 is 2.45 bits per heavy atom. The van der Waals surface area contributed by atoms with E-state index in [2.05, 4.69) is 22.3 Å². The van der Waals surface area contributed by atoms with Crippen LogP contribution in [0.15, 0.2) is 42.5 Å². The lowest BCUT2D eigenvalue weighted by atomic mass is 10.0. The molecule has 0 radical (unpaired) electrons. The van der Waals surface area contributed by atoms with Crippen LogP contribution in [0.1, 0.15) is 43.8 Å². The minimum absolute atomic E-state index is 0.123. The highest BCUT2D eigenvalue weighted by molar-refractivity contribution is 5.90. The molecule has 6 nitrogen and oxygen atoms in total. The van der Waals surface area contributed by atoms with E-state index in [1.165, 1.54) is 24.9 Å². The largest absolute Gasteiger partial charge is 0.497 e. The van der Waals surface area contributed by atoms with Crippen molar-refractivity contribution in [1.82, 2.24) is 0 Å². The zero-order valence-corrected chi connectivity index (χ0v) is 17.2. The molecule has 1 saturated heterocycles. The molecule has 1 atom stereocenters. The van der Waals surface area contributed by atoms with E-state index >= 15 is 0 Å². The monoisotopic (exact) mass is 398 g/mol. The van der Waals surface area contributed by atoms with Crippen LogP contribution in [0.5, 0.6) is 11.5 Å². The normalized spacial score (nSPS) is 14.9. The summed E-state index contributed by atoms with van der Waals surface area (Å²) in [6, 6.07) is 13.2. The molecule has 156 valence electrons. The zero-order valence-electron chi connectivity index (χ0n) is 17.2. The Morgan fingerprint density at radius 1 is 1.07 bits per heavy atom. The lowest BCUT2D eigenvalue weighted by Crippen LogP contribution is -2.29. The van der Waals surface area contributed by atoms with E-state index < -0.39 is 6.10 Å². The van der Waals surface area contributed by atoms with Gasteiger partial charge >= 0.3 is 0 Å². The van der Waals surface area contributed by atoms with Gasteiger partial charge in [-0.2, -0.15) is 0 Å². The van der Waals surface area contributed by atoms with Crippen LogP contribution in [-0.4, -0.2) is 38.3 Å². The van der Waals surface area contributed by atoms with Crippen molar-refractivity contribution < 1.29 is 19.4 Å². The highest BCUT2D eigenvalue weighted by Crippen LogP contribution is 2.31. The molecule has 6 heteroatoms. The van der Waals surface area contributed by atoms with Gasteiger partial charge in [0, 0.05) is 42.5 Å². The zero-order chi connectivity index (χ0) is 20.6. The Balaban J connectivity index is 1.51. The summed E-state index contributed by atoms with van der Waals surface area (Å²) in [7, 11) is 3.12. The van der Waals surface area contributed by atoms with Crippen LogP contribution in [0.2, 0.25) is 0 Å². The van der Waals surface area contributed by atoms with Crippen LogP contribution in [0.4, 0.5) is 11.4 Å². The summed E-state index contributed by atoms with van der Waals surface area (Å²) < 4.78 is 10.5.